The van der Waals surface area contributed by atoms with Gasteiger partial charge in [0.2, 0.25) is 0 Å². The lowest BCUT2D eigenvalue weighted by molar-refractivity contribution is 0.124. The van der Waals surface area contributed by atoms with Crippen LogP contribution in [0.5, 0.6) is 0 Å². The molecule has 0 bridgehead atoms. The van der Waals surface area contributed by atoms with Crippen molar-refractivity contribution in [1.82, 2.24) is 9.03 Å². The van der Waals surface area contributed by atoms with Crippen LogP contribution in [-0.2, 0) is 10.2 Å². The Morgan fingerprint density at radius 3 is 2.06 bits per heavy atom. The van der Waals surface area contributed by atoms with Gasteiger partial charge in [-0.25, -0.2) is 0 Å². The number of nitrogens with one attached hydrogen (secondary N) is 1. The van der Waals surface area contributed by atoms with Crippen LogP contribution in [0, 0.1) is 5.41 Å². The number of aliphatic hydroxyl groups is 1. The predicted octanol–water partition coefficient (Wildman–Crippen LogP) is 0.960. The number of aliphatic hydroxyl groups excluding tert-OH is 1. The molecule has 0 fully saturated rings. The molecule has 6 heteroatoms. The summed E-state index contributed by atoms with van der Waals surface area (Å²) in [6, 6.07) is 0. The topological polar surface area (TPSA) is 69.6 Å². The van der Waals surface area contributed by atoms with E-state index in [4.69, 9.17) is 0 Å². The molecule has 0 rings (SSSR count). The Labute approximate surface area is 105 Å². The fourth-order valence-electron chi connectivity index (χ4n) is 1.64. The van der Waals surface area contributed by atoms with Crippen molar-refractivity contribution in [3.63, 3.8) is 0 Å². The lowest BCUT2D eigenvalue weighted by Crippen LogP contribution is -2.43. The van der Waals surface area contributed by atoms with Gasteiger partial charge in [0.25, 0.3) is 10.2 Å². The molecule has 17 heavy (non-hydrogen) atoms. The van der Waals surface area contributed by atoms with Gasteiger partial charge in [-0.2, -0.15) is 17.4 Å². The maximum atomic E-state index is 11.8. The number of hydrogen-bond donors (Lipinski definition) is 2. The quantitative estimate of drug-likeness (QED) is 0.721. The molecule has 0 aliphatic rings. The highest BCUT2D eigenvalue weighted by molar-refractivity contribution is 7.87. The second-order valence-electron chi connectivity index (χ2n) is 5.36. The highest BCUT2D eigenvalue weighted by Gasteiger charge is 2.21. The summed E-state index contributed by atoms with van der Waals surface area (Å²) in [5, 5.41) is 9.73. The van der Waals surface area contributed by atoms with E-state index in [1.54, 1.807) is 13.8 Å². The van der Waals surface area contributed by atoms with Crippen molar-refractivity contribution >= 4 is 10.2 Å². The van der Waals surface area contributed by atoms with Crippen molar-refractivity contribution in [3.8, 4) is 0 Å². The molecular formula is C11H26N2O3S. The van der Waals surface area contributed by atoms with Crippen LogP contribution in [0.2, 0.25) is 0 Å². The van der Waals surface area contributed by atoms with Crippen LogP contribution in [0.1, 0.15) is 41.0 Å². The maximum absolute atomic E-state index is 11.8. The molecule has 0 heterocycles. The van der Waals surface area contributed by atoms with Gasteiger partial charge in [-0.05, 0) is 11.8 Å². The predicted molar refractivity (Wildman–Crippen MR) is 69.9 cm³/mol. The Morgan fingerprint density at radius 1 is 1.24 bits per heavy atom. The molecule has 0 saturated carbocycles. The van der Waals surface area contributed by atoms with Crippen molar-refractivity contribution in [2.24, 2.45) is 5.41 Å². The van der Waals surface area contributed by atoms with Crippen LogP contribution in [0.25, 0.3) is 0 Å². The molecule has 0 aromatic heterocycles. The van der Waals surface area contributed by atoms with Gasteiger partial charge in [0.15, 0.2) is 0 Å². The summed E-state index contributed by atoms with van der Waals surface area (Å²) < 4.78 is 27.3. The maximum Gasteiger partial charge on any atom is 0.279 e. The van der Waals surface area contributed by atoms with Gasteiger partial charge < -0.3 is 5.11 Å². The van der Waals surface area contributed by atoms with E-state index in [0.29, 0.717) is 19.5 Å². The molecule has 0 saturated heterocycles. The molecule has 0 spiro atoms. The van der Waals surface area contributed by atoms with Crippen molar-refractivity contribution in [3.05, 3.63) is 0 Å². The lowest BCUT2D eigenvalue weighted by Gasteiger charge is -2.24. The second kappa shape index (κ2) is 6.68. The molecule has 0 aliphatic carbocycles. The summed E-state index contributed by atoms with van der Waals surface area (Å²) in [7, 11) is -3.45. The van der Waals surface area contributed by atoms with E-state index in [2.05, 4.69) is 4.72 Å². The van der Waals surface area contributed by atoms with E-state index in [-0.39, 0.29) is 12.0 Å². The van der Waals surface area contributed by atoms with E-state index >= 15 is 0 Å². The highest BCUT2D eigenvalue weighted by atomic mass is 32.2. The van der Waals surface area contributed by atoms with Gasteiger partial charge in [0, 0.05) is 19.6 Å². The highest BCUT2D eigenvalue weighted by Crippen LogP contribution is 2.20. The molecule has 0 aliphatic heterocycles. The largest absolute Gasteiger partial charge is 0.392 e. The number of nitrogens with zero attached hydrogens (tertiary/aromatic N) is 1. The monoisotopic (exact) mass is 266 g/mol. The standard InChI is InChI=1S/C11H26N2O3S/c1-6-13(7-2)17(15,16)12-9-10(14)8-11(3,4)5/h10,12,14H,6-9H2,1-5H3. The molecule has 0 amide bonds. The van der Waals surface area contributed by atoms with E-state index in [1.165, 1.54) is 4.31 Å². The average molecular weight is 266 g/mol. The van der Waals surface area contributed by atoms with Crippen molar-refractivity contribution in [1.29, 1.82) is 0 Å². The Kier molecular flexibility index (Phi) is 6.61. The van der Waals surface area contributed by atoms with E-state index in [0.717, 1.165) is 0 Å². The van der Waals surface area contributed by atoms with Gasteiger partial charge >= 0.3 is 0 Å². The van der Waals surface area contributed by atoms with Crippen LogP contribution in [0.15, 0.2) is 0 Å². The molecular weight excluding hydrogens is 240 g/mol. The van der Waals surface area contributed by atoms with Crippen LogP contribution >= 0.6 is 0 Å². The number of hydrogen-bond acceptors (Lipinski definition) is 3. The number of rotatable bonds is 7. The Bertz CT molecular complexity index is 305. The van der Waals surface area contributed by atoms with Crippen LogP contribution in [-0.4, -0.2) is 43.6 Å². The summed E-state index contributed by atoms with van der Waals surface area (Å²) in [5.74, 6) is 0. The third-order valence-electron chi connectivity index (χ3n) is 2.39. The first-order valence-electron chi connectivity index (χ1n) is 6.05. The minimum atomic E-state index is -3.45. The van der Waals surface area contributed by atoms with Gasteiger partial charge in [0.1, 0.15) is 0 Å². The minimum Gasteiger partial charge on any atom is -0.392 e. The summed E-state index contributed by atoms with van der Waals surface area (Å²) in [6.07, 6.45) is -0.0892. The fraction of sp³-hybridized carbons (Fsp3) is 1.00. The third kappa shape index (κ3) is 6.98. The Morgan fingerprint density at radius 2 is 1.71 bits per heavy atom. The second-order valence-corrected chi connectivity index (χ2v) is 7.11. The van der Waals surface area contributed by atoms with Gasteiger partial charge in [-0.3, -0.25) is 0 Å². The lowest BCUT2D eigenvalue weighted by atomic mass is 9.89. The van der Waals surface area contributed by atoms with Crippen LogP contribution in [0.3, 0.4) is 0 Å². The first-order chi connectivity index (χ1) is 7.62. The first kappa shape index (κ1) is 16.8. The SMILES string of the molecule is CCN(CC)S(=O)(=O)NCC(O)CC(C)(C)C. The molecule has 0 radical (unpaired) electrons. The van der Waals surface area contributed by atoms with Gasteiger partial charge in [-0.1, -0.05) is 34.6 Å². The smallest absolute Gasteiger partial charge is 0.279 e. The molecule has 1 atom stereocenters. The first-order valence-corrected chi connectivity index (χ1v) is 7.49. The molecule has 0 aromatic carbocycles. The average Bonchev–Trinajstić information content (AvgIpc) is 2.14. The van der Waals surface area contributed by atoms with Crippen molar-refractivity contribution in [2.75, 3.05) is 19.6 Å². The summed E-state index contributed by atoms with van der Waals surface area (Å²) in [4.78, 5) is 0. The zero-order valence-electron chi connectivity index (χ0n) is 11.5. The van der Waals surface area contributed by atoms with Gasteiger partial charge in [-0.15, -0.1) is 0 Å². The zero-order valence-corrected chi connectivity index (χ0v) is 12.3. The molecule has 2 N–H and O–H groups in total. The minimum absolute atomic E-state index is 0.0138. The summed E-state index contributed by atoms with van der Waals surface area (Å²) in [6.45, 7) is 10.5. The van der Waals surface area contributed by atoms with Crippen LogP contribution in [0.4, 0.5) is 0 Å². The van der Waals surface area contributed by atoms with Gasteiger partial charge in [0.05, 0.1) is 6.10 Å². The third-order valence-corrected chi connectivity index (χ3v) is 4.12. The summed E-state index contributed by atoms with van der Waals surface area (Å²) in [5.41, 5.74) is -0.0138. The van der Waals surface area contributed by atoms with Crippen LogP contribution < -0.4 is 4.72 Å². The van der Waals surface area contributed by atoms with E-state index < -0.39 is 16.3 Å². The molecule has 104 valence electrons. The Hall–Kier alpha value is -0.170. The van der Waals surface area contributed by atoms with E-state index in [9.17, 15) is 13.5 Å². The molecule has 0 aromatic rings. The molecule has 5 nitrogen and oxygen atoms in total. The molecule has 1 unspecified atom stereocenters. The Balaban J connectivity index is 4.28. The zero-order chi connectivity index (χ0) is 13.7. The van der Waals surface area contributed by atoms with Crippen molar-refractivity contribution < 1.29 is 13.5 Å². The fourth-order valence-corrected chi connectivity index (χ4v) is 2.90. The van der Waals surface area contributed by atoms with E-state index in [1.807, 2.05) is 20.8 Å². The summed E-state index contributed by atoms with van der Waals surface area (Å²) >= 11 is 0. The van der Waals surface area contributed by atoms with Crippen molar-refractivity contribution in [2.45, 2.75) is 47.1 Å². The normalized spacial score (nSPS) is 15.2.